The van der Waals surface area contributed by atoms with E-state index in [1.165, 1.54) is 42.6 Å². The fraction of sp³-hybridized carbons (Fsp3) is 0. The first-order chi connectivity index (χ1) is 14.2. The molecule has 0 amide bonds. The average Bonchev–Trinajstić information content (AvgIpc) is 2.69. The van der Waals surface area contributed by atoms with Crippen LogP contribution >= 0.6 is 23.2 Å². The maximum Gasteiger partial charge on any atom is 0.339 e. The van der Waals surface area contributed by atoms with E-state index in [0.717, 1.165) is 24.3 Å². The third-order valence-corrected chi connectivity index (χ3v) is 5.46. The van der Waals surface area contributed by atoms with E-state index >= 15 is 0 Å². The van der Waals surface area contributed by atoms with Crippen LogP contribution in [0.15, 0.2) is 70.6 Å². The average molecular weight is 469 g/mol. The quantitative estimate of drug-likeness (QED) is 0.204. The molecule has 0 heterocycles. The third kappa shape index (κ3) is 5.12. The number of nitro groups is 1. The summed E-state index contributed by atoms with van der Waals surface area (Å²) in [6.45, 7) is 0. The standard InChI is InChI=1S/C19H11Cl2FN2O5S/c20-13-8-12(11-23-15-2-1-3-16(10-15)24(25)26)19(18(21)9-13)29-30(27,28)17-6-4-14(22)5-7-17/h1-11H. The maximum atomic E-state index is 13.1. The fourth-order valence-electron chi connectivity index (χ4n) is 2.35. The molecule has 11 heteroatoms. The van der Waals surface area contributed by atoms with Crippen molar-refractivity contribution >= 4 is 50.9 Å². The summed E-state index contributed by atoms with van der Waals surface area (Å²) in [4.78, 5) is 14.1. The first-order valence-corrected chi connectivity index (χ1v) is 10.3. The maximum absolute atomic E-state index is 13.1. The van der Waals surface area contributed by atoms with E-state index in [4.69, 9.17) is 27.4 Å². The summed E-state index contributed by atoms with van der Waals surface area (Å²) in [5.41, 5.74) is 0.196. The van der Waals surface area contributed by atoms with Gasteiger partial charge in [-0.3, -0.25) is 15.1 Å². The fourth-order valence-corrected chi connectivity index (χ4v) is 3.92. The van der Waals surface area contributed by atoms with Gasteiger partial charge in [-0.1, -0.05) is 29.3 Å². The smallest absolute Gasteiger partial charge is 0.339 e. The molecule has 0 unspecified atom stereocenters. The van der Waals surface area contributed by atoms with Gasteiger partial charge < -0.3 is 4.18 Å². The minimum absolute atomic E-state index is 0.103. The first kappa shape index (κ1) is 21.7. The van der Waals surface area contributed by atoms with E-state index in [1.807, 2.05) is 0 Å². The second kappa shape index (κ2) is 8.78. The van der Waals surface area contributed by atoms with E-state index in [-0.39, 0.29) is 37.6 Å². The summed E-state index contributed by atoms with van der Waals surface area (Å²) in [5.74, 6) is -0.858. The predicted molar refractivity (Wildman–Crippen MR) is 111 cm³/mol. The molecule has 0 aliphatic carbocycles. The minimum atomic E-state index is -4.33. The third-order valence-electron chi connectivity index (χ3n) is 3.73. The highest BCUT2D eigenvalue weighted by molar-refractivity contribution is 7.87. The number of rotatable bonds is 6. The summed E-state index contributed by atoms with van der Waals surface area (Å²) < 4.78 is 43.3. The molecular formula is C19H11Cl2FN2O5S. The molecule has 0 bridgehead atoms. The van der Waals surface area contributed by atoms with E-state index < -0.39 is 20.9 Å². The molecule has 0 saturated carbocycles. The van der Waals surface area contributed by atoms with Gasteiger partial charge in [0.05, 0.1) is 15.6 Å². The van der Waals surface area contributed by atoms with E-state index in [9.17, 15) is 22.9 Å². The van der Waals surface area contributed by atoms with Crippen LogP contribution in [0, 0.1) is 15.9 Å². The molecule has 3 aromatic rings. The highest BCUT2D eigenvalue weighted by Crippen LogP contribution is 2.34. The topological polar surface area (TPSA) is 98.9 Å². The van der Waals surface area contributed by atoms with Crippen LogP contribution in [0.3, 0.4) is 0 Å². The molecule has 0 spiro atoms. The summed E-state index contributed by atoms with van der Waals surface area (Å²) >= 11 is 12.1. The Morgan fingerprint density at radius 3 is 2.43 bits per heavy atom. The van der Waals surface area contributed by atoms with Crippen LogP contribution in [0.5, 0.6) is 5.75 Å². The Hall–Kier alpha value is -3.01. The number of nitro benzene ring substituents is 1. The van der Waals surface area contributed by atoms with Gasteiger partial charge in [-0.25, -0.2) is 4.39 Å². The van der Waals surface area contributed by atoms with Gasteiger partial charge in [-0.15, -0.1) is 0 Å². The Balaban J connectivity index is 1.99. The Bertz CT molecular complexity index is 1250. The van der Waals surface area contributed by atoms with Gasteiger partial charge >= 0.3 is 10.1 Å². The van der Waals surface area contributed by atoms with E-state index in [1.54, 1.807) is 0 Å². The lowest BCUT2D eigenvalue weighted by atomic mass is 10.2. The van der Waals surface area contributed by atoms with Crippen molar-refractivity contribution in [3.8, 4) is 5.75 Å². The number of hydrogen-bond acceptors (Lipinski definition) is 6. The number of hydrogen-bond donors (Lipinski definition) is 0. The van der Waals surface area contributed by atoms with E-state index in [0.29, 0.717) is 0 Å². The lowest BCUT2D eigenvalue weighted by molar-refractivity contribution is -0.384. The first-order valence-electron chi connectivity index (χ1n) is 8.13. The highest BCUT2D eigenvalue weighted by Gasteiger charge is 2.21. The molecule has 0 radical (unpaired) electrons. The SMILES string of the molecule is O=[N+]([O-])c1cccc(N=Cc2cc(Cl)cc(Cl)c2OS(=O)(=O)c2ccc(F)cc2)c1. The van der Waals surface area contributed by atoms with Gasteiger partial charge in [-0.2, -0.15) is 8.42 Å². The summed E-state index contributed by atoms with van der Waals surface area (Å²) in [5, 5.41) is 11.0. The monoisotopic (exact) mass is 468 g/mol. The van der Waals surface area contributed by atoms with Crippen molar-refractivity contribution in [2.45, 2.75) is 4.90 Å². The van der Waals surface area contributed by atoms with Crippen LogP contribution in [-0.4, -0.2) is 19.6 Å². The summed E-state index contributed by atoms with van der Waals surface area (Å²) in [6.07, 6.45) is 1.21. The van der Waals surface area contributed by atoms with Gasteiger partial charge in [0.15, 0.2) is 5.75 Å². The Labute approximate surface area is 180 Å². The van der Waals surface area contributed by atoms with Crippen LogP contribution in [0.1, 0.15) is 5.56 Å². The lowest BCUT2D eigenvalue weighted by Gasteiger charge is -2.11. The molecule has 30 heavy (non-hydrogen) atoms. The molecule has 3 rings (SSSR count). The van der Waals surface area contributed by atoms with Gasteiger partial charge in [0.1, 0.15) is 10.7 Å². The van der Waals surface area contributed by atoms with Crippen LogP contribution in [-0.2, 0) is 10.1 Å². The number of aliphatic imine (C=N–C) groups is 1. The number of halogens is 3. The molecule has 0 saturated heterocycles. The second-order valence-electron chi connectivity index (χ2n) is 5.83. The number of nitrogens with zero attached hydrogens (tertiary/aromatic N) is 2. The van der Waals surface area contributed by atoms with Gasteiger partial charge in [0, 0.05) is 28.9 Å². The second-order valence-corrected chi connectivity index (χ2v) is 8.22. The van der Waals surface area contributed by atoms with Crippen LogP contribution in [0.2, 0.25) is 10.0 Å². The normalized spacial score (nSPS) is 11.6. The van der Waals surface area contributed by atoms with Crippen molar-refractivity contribution in [1.29, 1.82) is 0 Å². The van der Waals surface area contributed by atoms with Crippen molar-refractivity contribution in [2.75, 3.05) is 0 Å². The number of benzene rings is 3. The van der Waals surface area contributed by atoms with Crippen LogP contribution in [0.4, 0.5) is 15.8 Å². The summed E-state index contributed by atoms with van der Waals surface area (Å²) in [6, 6.07) is 12.2. The zero-order valence-corrected chi connectivity index (χ0v) is 17.2. The van der Waals surface area contributed by atoms with Crippen LogP contribution < -0.4 is 4.18 Å². The molecule has 0 aliphatic rings. The molecule has 0 fully saturated rings. The zero-order valence-electron chi connectivity index (χ0n) is 14.8. The number of non-ortho nitro benzene ring substituents is 1. The van der Waals surface area contributed by atoms with Gasteiger partial charge in [0.25, 0.3) is 5.69 Å². The molecule has 0 atom stereocenters. The van der Waals surface area contributed by atoms with Crippen molar-refractivity contribution in [3.05, 3.63) is 92.2 Å². The van der Waals surface area contributed by atoms with Crippen molar-refractivity contribution in [3.63, 3.8) is 0 Å². The van der Waals surface area contributed by atoms with Crippen molar-refractivity contribution < 1.29 is 21.9 Å². The Kier molecular flexibility index (Phi) is 6.35. The van der Waals surface area contributed by atoms with E-state index in [2.05, 4.69) is 4.99 Å². The van der Waals surface area contributed by atoms with Gasteiger partial charge in [-0.05, 0) is 42.5 Å². The molecule has 0 aliphatic heterocycles. The molecule has 3 aromatic carbocycles. The van der Waals surface area contributed by atoms with Gasteiger partial charge in [0.2, 0.25) is 0 Å². The zero-order chi connectivity index (χ0) is 21.9. The predicted octanol–water partition coefficient (Wildman–Crippen LogP) is 5.56. The molecule has 0 aromatic heterocycles. The molecule has 7 nitrogen and oxygen atoms in total. The lowest BCUT2D eigenvalue weighted by Crippen LogP contribution is -2.11. The van der Waals surface area contributed by atoms with Crippen molar-refractivity contribution in [2.24, 2.45) is 4.99 Å². The Morgan fingerprint density at radius 1 is 1.07 bits per heavy atom. The molecular weight excluding hydrogens is 458 g/mol. The highest BCUT2D eigenvalue weighted by atomic mass is 35.5. The Morgan fingerprint density at radius 2 is 1.77 bits per heavy atom. The minimum Gasteiger partial charge on any atom is -0.377 e. The van der Waals surface area contributed by atoms with Crippen molar-refractivity contribution in [1.82, 2.24) is 0 Å². The summed E-state index contributed by atoms with van der Waals surface area (Å²) in [7, 11) is -4.33. The largest absolute Gasteiger partial charge is 0.377 e. The molecule has 0 N–H and O–H groups in total. The molecule has 154 valence electrons. The van der Waals surface area contributed by atoms with Crippen LogP contribution in [0.25, 0.3) is 0 Å².